The van der Waals surface area contributed by atoms with Crippen LogP contribution in [-0.2, 0) is 9.53 Å². The Morgan fingerprint density at radius 2 is 1.85 bits per heavy atom. The van der Waals surface area contributed by atoms with Crippen LogP contribution in [0, 0.1) is 0 Å². The van der Waals surface area contributed by atoms with E-state index in [9.17, 15) is 9.59 Å². The molecule has 4 nitrogen and oxygen atoms in total. The van der Waals surface area contributed by atoms with Gasteiger partial charge in [0.1, 0.15) is 0 Å². The lowest BCUT2D eigenvalue weighted by Gasteiger charge is -2.05. The molecule has 4 heteroatoms. The van der Waals surface area contributed by atoms with Gasteiger partial charge in [0.05, 0.1) is 0 Å². The number of hydrogen-bond donors (Lipinski definition) is 1. The molecule has 0 saturated heterocycles. The summed E-state index contributed by atoms with van der Waals surface area (Å²) < 4.78 is 5.18. The second-order valence-corrected chi connectivity index (χ2v) is 4.54. The molecule has 1 rings (SSSR count). The number of ether oxygens (including phenoxy) is 1. The number of nitrogens with one attached hydrogen (secondary N) is 1. The van der Waals surface area contributed by atoms with Gasteiger partial charge in [-0.15, -0.1) is 0 Å². The first kappa shape index (κ1) is 16.4. The van der Waals surface area contributed by atoms with Crippen molar-refractivity contribution in [3.8, 4) is 0 Å². The summed E-state index contributed by atoms with van der Waals surface area (Å²) in [6, 6.07) is 9.18. The average Bonchev–Trinajstić information content (AvgIpc) is 2.48. The van der Waals surface area contributed by atoms with Crippen LogP contribution in [0.15, 0.2) is 30.3 Å². The Bertz CT molecular complexity index is 403. The van der Waals surface area contributed by atoms with Crippen molar-refractivity contribution in [2.24, 2.45) is 0 Å². The molecule has 0 aromatic heterocycles. The van der Waals surface area contributed by atoms with Gasteiger partial charge in [-0.2, -0.15) is 0 Å². The smallest absolute Gasteiger partial charge is 0.220 e. The van der Waals surface area contributed by atoms with Crippen LogP contribution in [0.25, 0.3) is 0 Å². The number of rotatable bonds is 10. The van der Waals surface area contributed by atoms with Crippen LogP contribution in [0.1, 0.15) is 43.0 Å². The Labute approximate surface area is 120 Å². The van der Waals surface area contributed by atoms with Gasteiger partial charge in [0.15, 0.2) is 5.78 Å². The molecule has 0 bridgehead atoms. The average molecular weight is 277 g/mol. The maximum atomic E-state index is 11.8. The van der Waals surface area contributed by atoms with Crippen molar-refractivity contribution >= 4 is 11.7 Å². The molecule has 0 aliphatic rings. The van der Waals surface area contributed by atoms with Gasteiger partial charge in [0, 0.05) is 38.2 Å². The van der Waals surface area contributed by atoms with Crippen molar-refractivity contribution in [3.05, 3.63) is 35.9 Å². The van der Waals surface area contributed by atoms with Crippen LogP contribution in [0.2, 0.25) is 0 Å². The summed E-state index contributed by atoms with van der Waals surface area (Å²) in [5, 5.41) is 2.82. The van der Waals surface area contributed by atoms with E-state index in [1.54, 1.807) is 12.1 Å². The van der Waals surface area contributed by atoms with Crippen LogP contribution >= 0.6 is 0 Å². The summed E-state index contributed by atoms with van der Waals surface area (Å²) >= 11 is 0. The van der Waals surface area contributed by atoms with Gasteiger partial charge < -0.3 is 10.1 Å². The lowest BCUT2D eigenvalue weighted by atomic mass is 10.1. The minimum atomic E-state index is 0.00219. The molecule has 20 heavy (non-hydrogen) atoms. The monoisotopic (exact) mass is 277 g/mol. The molecule has 0 fully saturated rings. The fourth-order valence-electron chi connectivity index (χ4n) is 1.81. The summed E-state index contributed by atoms with van der Waals surface area (Å²) in [5.41, 5.74) is 0.713. The van der Waals surface area contributed by atoms with Gasteiger partial charge in [-0.05, 0) is 19.8 Å². The van der Waals surface area contributed by atoms with Gasteiger partial charge in [0.25, 0.3) is 0 Å². The highest BCUT2D eigenvalue weighted by molar-refractivity contribution is 5.96. The quantitative estimate of drug-likeness (QED) is 0.528. The van der Waals surface area contributed by atoms with E-state index in [2.05, 4.69) is 5.32 Å². The highest BCUT2D eigenvalue weighted by Crippen LogP contribution is 2.06. The van der Waals surface area contributed by atoms with Crippen molar-refractivity contribution in [1.29, 1.82) is 0 Å². The molecule has 1 amide bonds. The number of hydrogen-bond acceptors (Lipinski definition) is 3. The van der Waals surface area contributed by atoms with Crippen LogP contribution in [0.5, 0.6) is 0 Å². The van der Waals surface area contributed by atoms with Crippen molar-refractivity contribution in [2.75, 3.05) is 19.8 Å². The Balaban J connectivity index is 2.08. The molecule has 0 aliphatic carbocycles. The normalized spacial score (nSPS) is 10.2. The summed E-state index contributed by atoms with van der Waals surface area (Å²) in [5.74, 6) is 0.0945. The van der Waals surface area contributed by atoms with Crippen LogP contribution in [0.3, 0.4) is 0 Å². The second kappa shape index (κ2) is 10.1. The molecular formula is C16H23NO3. The topological polar surface area (TPSA) is 55.4 Å². The summed E-state index contributed by atoms with van der Waals surface area (Å²) in [4.78, 5) is 23.3. The maximum Gasteiger partial charge on any atom is 0.220 e. The maximum absolute atomic E-state index is 11.8. The largest absolute Gasteiger partial charge is 0.382 e. The third kappa shape index (κ3) is 7.04. The molecule has 1 aromatic carbocycles. The predicted molar refractivity (Wildman–Crippen MR) is 78.7 cm³/mol. The molecule has 0 unspecified atom stereocenters. The first-order valence-corrected chi connectivity index (χ1v) is 7.16. The minimum Gasteiger partial charge on any atom is -0.382 e. The number of carbonyl (C=O) groups excluding carboxylic acids is 2. The van der Waals surface area contributed by atoms with Crippen molar-refractivity contribution < 1.29 is 14.3 Å². The molecule has 110 valence electrons. The van der Waals surface area contributed by atoms with E-state index in [-0.39, 0.29) is 11.7 Å². The molecule has 0 saturated carbocycles. The standard InChI is InChI=1S/C16H23NO3/c1-2-20-13-7-12-17-16(19)11-6-10-15(18)14-8-4-3-5-9-14/h3-5,8-9H,2,6-7,10-13H2,1H3,(H,17,19). The number of amides is 1. The van der Waals surface area contributed by atoms with E-state index >= 15 is 0 Å². The fourth-order valence-corrected chi connectivity index (χ4v) is 1.81. The molecular weight excluding hydrogens is 254 g/mol. The minimum absolute atomic E-state index is 0.00219. The van der Waals surface area contributed by atoms with E-state index in [4.69, 9.17) is 4.74 Å². The SMILES string of the molecule is CCOCCCNC(=O)CCCC(=O)c1ccccc1. The Kier molecular flexibility index (Phi) is 8.31. The van der Waals surface area contributed by atoms with Gasteiger partial charge in [-0.3, -0.25) is 9.59 Å². The van der Waals surface area contributed by atoms with E-state index in [0.717, 1.165) is 6.42 Å². The lowest BCUT2D eigenvalue weighted by molar-refractivity contribution is -0.121. The first-order valence-electron chi connectivity index (χ1n) is 7.16. The molecule has 1 N–H and O–H groups in total. The predicted octanol–water partition coefficient (Wildman–Crippen LogP) is 2.58. The zero-order valence-electron chi connectivity index (χ0n) is 12.1. The van der Waals surface area contributed by atoms with E-state index < -0.39 is 0 Å². The number of benzene rings is 1. The zero-order chi connectivity index (χ0) is 14.6. The molecule has 0 aliphatic heterocycles. The lowest BCUT2D eigenvalue weighted by Crippen LogP contribution is -2.25. The first-order chi connectivity index (χ1) is 9.74. The number of ketones is 1. The van der Waals surface area contributed by atoms with Gasteiger partial charge in [-0.25, -0.2) is 0 Å². The molecule has 0 radical (unpaired) electrons. The Morgan fingerprint density at radius 3 is 2.55 bits per heavy atom. The molecule has 0 spiro atoms. The molecule has 0 atom stereocenters. The third-order valence-electron chi connectivity index (χ3n) is 2.90. The summed E-state index contributed by atoms with van der Waals surface area (Å²) in [6.45, 7) is 3.95. The van der Waals surface area contributed by atoms with E-state index in [1.807, 2.05) is 25.1 Å². The van der Waals surface area contributed by atoms with Crippen molar-refractivity contribution in [3.63, 3.8) is 0 Å². The summed E-state index contributed by atoms with van der Waals surface area (Å²) in [7, 11) is 0. The number of Topliss-reactive ketones (excluding diaryl/α,β-unsaturated/α-hetero) is 1. The second-order valence-electron chi connectivity index (χ2n) is 4.54. The van der Waals surface area contributed by atoms with E-state index in [1.165, 1.54) is 0 Å². The van der Waals surface area contributed by atoms with Crippen LogP contribution in [0.4, 0.5) is 0 Å². The van der Waals surface area contributed by atoms with Crippen LogP contribution < -0.4 is 5.32 Å². The van der Waals surface area contributed by atoms with E-state index in [0.29, 0.717) is 44.6 Å². The summed E-state index contributed by atoms with van der Waals surface area (Å²) in [6.07, 6.45) is 2.22. The van der Waals surface area contributed by atoms with Gasteiger partial charge >= 0.3 is 0 Å². The number of carbonyl (C=O) groups is 2. The zero-order valence-corrected chi connectivity index (χ0v) is 12.1. The molecule has 0 heterocycles. The Morgan fingerprint density at radius 1 is 1.10 bits per heavy atom. The van der Waals surface area contributed by atoms with Crippen molar-refractivity contribution in [1.82, 2.24) is 5.32 Å². The fraction of sp³-hybridized carbons (Fsp3) is 0.500. The third-order valence-corrected chi connectivity index (χ3v) is 2.90. The van der Waals surface area contributed by atoms with Crippen molar-refractivity contribution in [2.45, 2.75) is 32.6 Å². The Hall–Kier alpha value is -1.68. The van der Waals surface area contributed by atoms with Gasteiger partial charge in [0.2, 0.25) is 5.91 Å². The molecule has 1 aromatic rings. The van der Waals surface area contributed by atoms with Crippen LogP contribution in [-0.4, -0.2) is 31.4 Å². The highest BCUT2D eigenvalue weighted by atomic mass is 16.5. The highest BCUT2D eigenvalue weighted by Gasteiger charge is 2.06. The van der Waals surface area contributed by atoms with Gasteiger partial charge in [-0.1, -0.05) is 30.3 Å².